The van der Waals surface area contributed by atoms with E-state index in [0.29, 0.717) is 11.7 Å². The Morgan fingerprint density at radius 2 is 2.25 bits per heavy atom. The minimum atomic E-state index is -0.0353. The van der Waals surface area contributed by atoms with Crippen LogP contribution in [0.4, 0.5) is 5.82 Å². The van der Waals surface area contributed by atoms with Crippen molar-refractivity contribution in [2.75, 3.05) is 18.5 Å². The molecule has 0 spiro atoms. The molecular weight excluding hydrogens is 254 g/mol. The number of carbonyl (C=O) groups is 1. The normalized spacial score (nSPS) is 21.1. The summed E-state index contributed by atoms with van der Waals surface area (Å²) in [6.45, 7) is 5.68. The van der Waals surface area contributed by atoms with Crippen LogP contribution in [-0.2, 0) is 4.74 Å². The first kappa shape index (κ1) is 14.8. The molecule has 2 N–H and O–H groups in total. The smallest absolute Gasteiger partial charge is 0.251 e. The first-order valence-corrected chi connectivity index (χ1v) is 7.35. The number of pyridine rings is 1. The van der Waals surface area contributed by atoms with Crippen LogP contribution in [0.3, 0.4) is 0 Å². The maximum atomic E-state index is 12.1. The van der Waals surface area contributed by atoms with Crippen LogP contribution in [0.5, 0.6) is 0 Å². The Morgan fingerprint density at radius 1 is 1.45 bits per heavy atom. The molecule has 0 aliphatic heterocycles. The molecule has 0 saturated heterocycles. The van der Waals surface area contributed by atoms with Crippen molar-refractivity contribution in [1.82, 2.24) is 10.3 Å². The fraction of sp³-hybridized carbons (Fsp3) is 0.600. The zero-order valence-corrected chi connectivity index (χ0v) is 12.2. The van der Waals surface area contributed by atoms with Gasteiger partial charge < -0.3 is 15.4 Å². The molecule has 110 valence electrons. The molecule has 0 bridgehead atoms. The Balaban J connectivity index is 1.83. The van der Waals surface area contributed by atoms with Crippen molar-refractivity contribution in [2.45, 2.75) is 45.3 Å². The number of hydrogen-bond donors (Lipinski definition) is 2. The molecule has 0 atom stereocenters. The fourth-order valence-electron chi connectivity index (χ4n) is 2.25. The van der Waals surface area contributed by atoms with E-state index < -0.39 is 0 Å². The second kappa shape index (κ2) is 7.24. The van der Waals surface area contributed by atoms with Gasteiger partial charge in [-0.3, -0.25) is 4.79 Å². The molecule has 1 aromatic rings. The topological polar surface area (TPSA) is 63.2 Å². The maximum Gasteiger partial charge on any atom is 0.251 e. The van der Waals surface area contributed by atoms with E-state index in [1.54, 1.807) is 18.3 Å². The van der Waals surface area contributed by atoms with E-state index in [1.807, 2.05) is 6.92 Å². The van der Waals surface area contributed by atoms with Crippen LogP contribution in [0.15, 0.2) is 18.3 Å². The number of hydrogen-bond acceptors (Lipinski definition) is 4. The molecule has 5 nitrogen and oxygen atoms in total. The highest BCUT2D eigenvalue weighted by atomic mass is 16.5. The molecule has 1 amide bonds. The van der Waals surface area contributed by atoms with E-state index in [0.717, 1.165) is 38.2 Å². The van der Waals surface area contributed by atoms with Crippen molar-refractivity contribution < 1.29 is 9.53 Å². The van der Waals surface area contributed by atoms with Gasteiger partial charge in [-0.25, -0.2) is 4.98 Å². The predicted molar refractivity (Wildman–Crippen MR) is 78.9 cm³/mol. The third kappa shape index (κ3) is 3.93. The van der Waals surface area contributed by atoms with Crippen molar-refractivity contribution >= 4 is 11.7 Å². The van der Waals surface area contributed by atoms with Crippen LogP contribution in [0.25, 0.3) is 0 Å². The van der Waals surface area contributed by atoms with E-state index in [2.05, 4.69) is 22.5 Å². The number of anilines is 1. The number of ether oxygens (including phenoxy) is 1. The largest absolute Gasteiger partial charge is 0.378 e. The summed E-state index contributed by atoms with van der Waals surface area (Å²) < 4.78 is 5.49. The van der Waals surface area contributed by atoms with Crippen LogP contribution in [0, 0.1) is 0 Å². The number of amides is 1. The zero-order valence-electron chi connectivity index (χ0n) is 12.2. The monoisotopic (exact) mass is 277 g/mol. The molecule has 1 saturated carbocycles. The summed E-state index contributed by atoms with van der Waals surface area (Å²) in [5.41, 5.74) is 0.651. The second-order valence-electron chi connectivity index (χ2n) is 5.08. The Kier molecular flexibility index (Phi) is 5.35. The molecule has 1 heterocycles. The number of rotatable bonds is 7. The van der Waals surface area contributed by atoms with E-state index >= 15 is 0 Å². The summed E-state index contributed by atoms with van der Waals surface area (Å²) in [5, 5.41) is 6.21. The van der Waals surface area contributed by atoms with Crippen LogP contribution in [-0.4, -0.2) is 36.2 Å². The number of carbonyl (C=O) groups excluding carboxylic acids is 1. The van der Waals surface area contributed by atoms with Gasteiger partial charge in [0.2, 0.25) is 0 Å². The standard InChI is InChI=1S/C15H23N3O2/c1-3-6-16-14-8-11(5-7-17-14)15(19)18-12-9-13(10-12)20-4-2/h5,7-8,12-13H,3-4,6,9-10H2,1-2H3,(H,16,17)(H,18,19). The highest BCUT2D eigenvalue weighted by Gasteiger charge is 2.30. The molecule has 2 rings (SSSR count). The summed E-state index contributed by atoms with van der Waals surface area (Å²) in [6, 6.07) is 3.77. The average Bonchev–Trinajstić information content (AvgIpc) is 2.43. The van der Waals surface area contributed by atoms with Gasteiger partial charge in [-0.1, -0.05) is 6.92 Å². The molecular formula is C15H23N3O2. The number of aromatic nitrogens is 1. The number of nitrogens with zero attached hydrogens (tertiary/aromatic N) is 1. The minimum Gasteiger partial charge on any atom is -0.378 e. The van der Waals surface area contributed by atoms with Gasteiger partial charge in [0.15, 0.2) is 0 Å². The van der Waals surface area contributed by atoms with Crippen molar-refractivity contribution in [3.63, 3.8) is 0 Å². The minimum absolute atomic E-state index is 0.0353. The molecule has 1 aliphatic carbocycles. The first-order valence-electron chi connectivity index (χ1n) is 7.35. The van der Waals surface area contributed by atoms with Crippen LogP contribution < -0.4 is 10.6 Å². The third-order valence-corrected chi connectivity index (χ3v) is 3.41. The molecule has 1 aromatic heterocycles. The van der Waals surface area contributed by atoms with Crippen LogP contribution >= 0.6 is 0 Å². The van der Waals surface area contributed by atoms with Gasteiger partial charge in [0, 0.05) is 31.0 Å². The molecule has 0 unspecified atom stereocenters. The second-order valence-corrected chi connectivity index (χ2v) is 5.08. The highest BCUT2D eigenvalue weighted by Crippen LogP contribution is 2.23. The van der Waals surface area contributed by atoms with E-state index in [-0.39, 0.29) is 11.9 Å². The Hall–Kier alpha value is -1.62. The summed E-state index contributed by atoms with van der Waals surface area (Å²) >= 11 is 0. The van der Waals surface area contributed by atoms with Gasteiger partial charge in [-0.2, -0.15) is 0 Å². The van der Waals surface area contributed by atoms with Crippen LogP contribution in [0.1, 0.15) is 43.5 Å². The Morgan fingerprint density at radius 3 is 2.95 bits per heavy atom. The zero-order chi connectivity index (χ0) is 14.4. The first-order chi connectivity index (χ1) is 9.72. The van der Waals surface area contributed by atoms with E-state index in [1.165, 1.54) is 0 Å². The SMILES string of the molecule is CCCNc1cc(C(=O)NC2CC(OCC)C2)ccn1. The van der Waals surface area contributed by atoms with Crippen molar-refractivity contribution in [2.24, 2.45) is 0 Å². The lowest BCUT2D eigenvalue weighted by Crippen LogP contribution is -2.47. The number of nitrogens with one attached hydrogen (secondary N) is 2. The molecule has 20 heavy (non-hydrogen) atoms. The summed E-state index contributed by atoms with van der Waals surface area (Å²) in [6.07, 6.45) is 4.82. The lowest BCUT2D eigenvalue weighted by molar-refractivity contribution is -0.00862. The molecule has 1 fully saturated rings. The van der Waals surface area contributed by atoms with E-state index in [4.69, 9.17) is 4.74 Å². The quantitative estimate of drug-likeness (QED) is 0.802. The molecule has 0 radical (unpaired) electrons. The average molecular weight is 277 g/mol. The van der Waals surface area contributed by atoms with Gasteiger partial charge in [-0.05, 0) is 38.3 Å². The third-order valence-electron chi connectivity index (χ3n) is 3.41. The van der Waals surface area contributed by atoms with Crippen molar-refractivity contribution in [1.29, 1.82) is 0 Å². The maximum absolute atomic E-state index is 12.1. The van der Waals surface area contributed by atoms with Crippen LogP contribution in [0.2, 0.25) is 0 Å². The van der Waals surface area contributed by atoms with Crippen molar-refractivity contribution in [3.8, 4) is 0 Å². The molecule has 1 aliphatic rings. The lowest BCUT2D eigenvalue weighted by atomic mass is 9.89. The van der Waals surface area contributed by atoms with Gasteiger partial charge in [0.05, 0.1) is 6.10 Å². The predicted octanol–water partition coefficient (Wildman–Crippen LogP) is 2.20. The van der Waals surface area contributed by atoms with E-state index in [9.17, 15) is 4.79 Å². The Bertz CT molecular complexity index is 444. The molecule has 0 aromatic carbocycles. The summed E-state index contributed by atoms with van der Waals surface area (Å²) in [7, 11) is 0. The van der Waals surface area contributed by atoms with Gasteiger partial charge in [0.25, 0.3) is 5.91 Å². The summed E-state index contributed by atoms with van der Waals surface area (Å²) in [4.78, 5) is 16.3. The lowest BCUT2D eigenvalue weighted by Gasteiger charge is -2.35. The summed E-state index contributed by atoms with van der Waals surface area (Å²) in [5.74, 6) is 0.715. The Labute approximate surface area is 120 Å². The fourth-order valence-corrected chi connectivity index (χ4v) is 2.25. The van der Waals surface area contributed by atoms with Crippen molar-refractivity contribution in [3.05, 3.63) is 23.9 Å². The van der Waals surface area contributed by atoms with Gasteiger partial charge in [-0.15, -0.1) is 0 Å². The van der Waals surface area contributed by atoms with Gasteiger partial charge in [0.1, 0.15) is 5.82 Å². The molecule has 5 heteroatoms. The van der Waals surface area contributed by atoms with Gasteiger partial charge >= 0.3 is 0 Å². The highest BCUT2D eigenvalue weighted by molar-refractivity contribution is 5.95.